The molecule has 0 spiro atoms. The number of hydrogen-bond donors (Lipinski definition) is 5. The van der Waals surface area contributed by atoms with Gasteiger partial charge in [0.15, 0.2) is 0 Å². The van der Waals surface area contributed by atoms with Crippen molar-refractivity contribution in [2.75, 3.05) is 6.61 Å². The van der Waals surface area contributed by atoms with Crippen molar-refractivity contribution in [2.24, 2.45) is 10.8 Å². The van der Waals surface area contributed by atoms with Crippen LogP contribution in [-0.4, -0.2) is 113 Å². The zero-order valence-electron chi connectivity index (χ0n) is 51.1. The highest BCUT2D eigenvalue weighted by Gasteiger charge is 2.35. The van der Waals surface area contributed by atoms with Crippen molar-refractivity contribution in [3.63, 3.8) is 0 Å². The van der Waals surface area contributed by atoms with Gasteiger partial charge in [0.2, 0.25) is 0 Å². The minimum Gasteiger partial charge on any atom is -0.481 e. The zero-order chi connectivity index (χ0) is 64.7. The van der Waals surface area contributed by atoms with Crippen LogP contribution in [0.1, 0.15) is 135 Å². The van der Waals surface area contributed by atoms with Crippen molar-refractivity contribution in [1.82, 2.24) is 19.0 Å². The highest BCUT2D eigenvalue weighted by molar-refractivity contribution is 5.96. The second kappa shape index (κ2) is 26.8. The van der Waals surface area contributed by atoms with E-state index in [-0.39, 0.29) is 12.5 Å². The van der Waals surface area contributed by atoms with E-state index in [0.29, 0.717) is 44.0 Å². The summed E-state index contributed by atoms with van der Waals surface area (Å²) in [5.74, 6) is -5.42. The van der Waals surface area contributed by atoms with Gasteiger partial charge in [0.25, 0.3) is 0 Å². The number of carbonyl (C=O) groups is 7. The van der Waals surface area contributed by atoms with Crippen molar-refractivity contribution in [2.45, 2.75) is 142 Å². The number of aromatic nitrogens is 3. The summed E-state index contributed by atoms with van der Waals surface area (Å²) in [5, 5.41) is 36.6. The highest BCUT2D eigenvalue weighted by Crippen LogP contribution is 2.45. The molecule has 5 aromatic carbocycles. The van der Waals surface area contributed by atoms with Gasteiger partial charge in [-0.2, -0.15) is 0 Å². The van der Waals surface area contributed by atoms with Gasteiger partial charge in [0, 0.05) is 63.3 Å². The number of benzene rings is 5. The lowest BCUT2D eigenvalue weighted by Crippen LogP contribution is -2.44. The molecule has 6 atom stereocenters. The Labute approximate surface area is 508 Å². The molecule has 0 bridgehead atoms. The van der Waals surface area contributed by atoms with Crippen LogP contribution >= 0.6 is 0 Å². The molecule has 6 N–H and O–H groups in total. The van der Waals surface area contributed by atoms with Crippen LogP contribution in [0, 0.1) is 0 Å². The number of nitrogens with two attached hydrogens (primary N) is 1. The fourth-order valence-electron chi connectivity index (χ4n) is 10.4. The van der Waals surface area contributed by atoms with Gasteiger partial charge in [-0.05, 0) is 125 Å². The van der Waals surface area contributed by atoms with Gasteiger partial charge in [0.05, 0.1) is 16.6 Å². The van der Waals surface area contributed by atoms with E-state index in [1.165, 1.54) is 13.7 Å². The average molecular weight is 1200 g/mol. The largest absolute Gasteiger partial charge is 0.481 e. The Bertz CT molecular complexity index is 3940. The summed E-state index contributed by atoms with van der Waals surface area (Å²) in [4.78, 5) is 88.2. The fraction of sp³-hybridized carbons (Fsp3) is 0.348. The summed E-state index contributed by atoms with van der Waals surface area (Å²) in [5.41, 5.74) is 20.5. The lowest BCUT2D eigenvalue weighted by molar-refractivity contribution is -0.140. The molecule has 22 heteroatoms. The van der Waals surface area contributed by atoms with E-state index in [2.05, 4.69) is 15.3 Å². The maximum absolute atomic E-state index is 12.9. The van der Waals surface area contributed by atoms with E-state index in [0.717, 1.165) is 27.6 Å². The number of carboxylic acid groups (broad SMARTS) is 3. The Morgan fingerprint density at radius 2 is 0.886 bits per heavy atom. The normalized spacial score (nSPS) is 14.1. The van der Waals surface area contributed by atoms with Gasteiger partial charge in [-0.15, -0.1) is 0 Å². The standard InChI is InChI=1S/C32H32N2O6.C17H20N4O4.C17H22N2O4/c1-19(25-17-34(31(38)40-32(2,3)4)27-16-10-9-15-24(25)27)28(29(35)36)33-30(37)39-18-26-22-13-7-5-11-20(22)21-12-6-8-14-23(21)26;1-10(14(15(22)23)19-20-18)12-9-21(16(24)25-17(2,3)4)13-8-6-5-7-11(12)13;1-10(14(18)15(20)21)12-9-19(16(22)23-17(2,3)4)13-8-6-5-7-11(12)13/h5-17,19,26,28H,18H2,1-4H3,(H,33,37)(H,35,36);5-10,14H,1-4H3,(H,22,23);5-10,14H,18H2,1-4H3,(H,20,21)/t19-,28-;2*10-,14-/m000/s1. The number of fused-ring (bicyclic) bond motifs is 6. The van der Waals surface area contributed by atoms with E-state index >= 15 is 0 Å². The van der Waals surface area contributed by atoms with Crippen LogP contribution < -0.4 is 11.1 Å². The summed E-state index contributed by atoms with van der Waals surface area (Å²) in [6, 6.07) is 33.9. The number of ether oxygens (including phenoxy) is 4. The molecule has 3 heterocycles. The first-order chi connectivity index (χ1) is 41.3. The van der Waals surface area contributed by atoms with Crippen molar-refractivity contribution in [1.29, 1.82) is 0 Å². The molecule has 8 aromatic rings. The Morgan fingerprint density at radius 1 is 0.534 bits per heavy atom. The van der Waals surface area contributed by atoms with E-state index < -0.39 is 95.0 Å². The Morgan fingerprint density at radius 3 is 1.24 bits per heavy atom. The number of nitrogens with zero attached hydrogens (tertiary/aromatic N) is 6. The van der Waals surface area contributed by atoms with E-state index in [9.17, 15) is 43.8 Å². The van der Waals surface area contributed by atoms with Crippen LogP contribution in [-0.2, 0) is 33.3 Å². The van der Waals surface area contributed by atoms with Crippen molar-refractivity contribution < 1.29 is 67.8 Å². The molecule has 0 radical (unpaired) electrons. The van der Waals surface area contributed by atoms with Crippen LogP contribution in [0.4, 0.5) is 19.2 Å². The molecule has 0 saturated carbocycles. The van der Waals surface area contributed by atoms with Crippen LogP contribution in [0.25, 0.3) is 54.3 Å². The number of carbonyl (C=O) groups excluding carboxylic acids is 4. The SMILES string of the molecule is C[C@@H](c1cn(C(=O)OC(C)(C)C)c2ccccc12)[C@H](N)C(=O)O.C[C@@H](c1cn(C(=O)OC(C)(C)C)c2ccccc12)[C@H](N=[N+]=[N-])C(=O)O.C[C@@H](c1cn(C(=O)OC(C)(C)C)c2ccccc12)[C@H](NC(=O)OCC1c2ccccc2-c2ccccc21)C(=O)O. The van der Waals surface area contributed by atoms with E-state index in [4.69, 9.17) is 35.3 Å². The second-order valence-electron chi connectivity index (χ2n) is 24.4. The topological polar surface area (TPSA) is 319 Å². The Balaban J connectivity index is 0.000000200. The van der Waals surface area contributed by atoms with Gasteiger partial charge >= 0.3 is 42.3 Å². The van der Waals surface area contributed by atoms with Crippen LogP contribution in [0.3, 0.4) is 0 Å². The van der Waals surface area contributed by atoms with Crippen LogP contribution in [0.2, 0.25) is 0 Å². The average Bonchev–Trinajstić information content (AvgIpc) is 2.38. The molecule has 22 nitrogen and oxygen atoms in total. The number of hydrogen-bond acceptors (Lipinski definition) is 13. The molecule has 1 aliphatic rings. The van der Waals surface area contributed by atoms with Gasteiger partial charge < -0.3 is 45.3 Å². The number of nitrogens with one attached hydrogen (secondary N) is 1. The minimum absolute atomic E-state index is 0.0680. The van der Waals surface area contributed by atoms with Crippen LogP contribution in [0.15, 0.2) is 145 Å². The van der Waals surface area contributed by atoms with Gasteiger partial charge in [-0.3, -0.25) is 23.3 Å². The van der Waals surface area contributed by atoms with Gasteiger partial charge in [-0.25, -0.2) is 24.0 Å². The van der Waals surface area contributed by atoms with E-state index in [1.807, 2.05) is 78.9 Å². The number of carboxylic acids is 3. The third-order valence-corrected chi connectivity index (χ3v) is 14.6. The number of para-hydroxylation sites is 3. The highest BCUT2D eigenvalue weighted by atomic mass is 16.6. The molecule has 3 aromatic heterocycles. The maximum atomic E-state index is 12.9. The van der Waals surface area contributed by atoms with Crippen molar-refractivity contribution >= 4 is 75.0 Å². The Hall–Kier alpha value is -9.92. The third-order valence-electron chi connectivity index (χ3n) is 14.6. The lowest BCUT2D eigenvalue weighted by Gasteiger charge is -2.22. The first kappa shape index (κ1) is 65.6. The first-order valence-corrected chi connectivity index (χ1v) is 28.4. The molecule has 1 amide bonds. The molecule has 0 unspecified atom stereocenters. The maximum Gasteiger partial charge on any atom is 0.419 e. The summed E-state index contributed by atoms with van der Waals surface area (Å²) in [6.07, 6.45) is 2.29. The number of amides is 1. The van der Waals surface area contributed by atoms with E-state index in [1.54, 1.807) is 144 Å². The second-order valence-corrected chi connectivity index (χ2v) is 24.4. The number of rotatable bonds is 13. The zero-order valence-corrected chi connectivity index (χ0v) is 51.1. The fourth-order valence-corrected chi connectivity index (χ4v) is 10.4. The molecular formula is C66H74N8O14. The molecule has 462 valence electrons. The molecule has 0 fully saturated rings. The lowest BCUT2D eigenvalue weighted by atomic mass is 9.93. The van der Waals surface area contributed by atoms with Crippen molar-refractivity contribution in [3.8, 4) is 11.1 Å². The molecule has 0 saturated heterocycles. The summed E-state index contributed by atoms with van der Waals surface area (Å²) in [6.45, 7) is 21.2. The third kappa shape index (κ3) is 15.2. The monoisotopic (exact) mass is 1200 g/mol. The molecule has 1 aliphatic carbocycles. The summed E-state index contributed by atoms with van der Waals surface area (Å²) in [7, 11) is 0. The van der Waals surface area contributed by atoms with Gasteiger partial charge in [-0.1, -0.05) is 129 Å². The number of azide groups is 1. The smallest absolute Gasteiger partial charge is 0.419 e. The molecular weight excluding hydrogens is 1130 g/mol. The molecule has 9 rings (SSSR count). The van der Waals surface area contributed by atoms with Crippen molar-refractivity contribution in [3.05, 3.63) is 178 Å². The quantitative estimate of drug-likeness (QED) is 0.0310. The Kier molecular flexibility index (Phi) is 20.0. The van der Waals surface area contributed by atoms with Crippen LogP contribution in [0.5, 0.6) is 0 Å². The number of aliphatic carboxylic acids is 3. The first-order valence-electron chi connectivity index (χ1n) is 28.4. The summed E-state index contributed by atoms with van der Waals surface area (Å²) < 4.78 is 26.1. The predicted molar refractivity (Wildman–Crippen MR) is 332 cm³/mol. The predicted octanol–water partition coefficient (Wildman–Crippen LogP) is 13.8. The number of alkyl carbamates (subject to hydrolysis) is 1. The van der Waals surface area contributed by atoms with Gasteiger partial charge in [0.1, 0.15) is 41.5 Å². The minimum atomic E-state index is -1.30. The summed E-state index contributed by atoms with van der Waals surface area (Å²) >= 11 is 0. The molecule has 88 heavy (non-hydrogen) atoms. The molecule has 0 aliphatic heterocycles.